The lowest BCUT2D eigenvalue weighted by molar-refractivity contribution is 0.584. The van der Waals surface area contributed by atoms with Crippen molar-refractivity contribution in [2.75, 3.05) is 6.17 Å². The smallest absolute Gasteiger partial charge is 0.258 e. The van der Waals surface area contributed by atoms with Crippen molar-refractivity contribution in [3.63, 3.8) is 0 Å². The predicted molar refractivity (Wildman–Crippen MR) is 81.9 cm³/mol. The monoisotopic (exact) mass is 264 g/mol. The van der Waals surface area contributed by atoms with Gasteiger partial charge in [0.25, 0.3) is 9.04 Å². The van der Waals surface area contributed by atoms with Crippen molar-refractivity contribution >= 4 is 15.8 Å². The molecular weight excluding hydrogens is 238 g/mol. The van der Waals surface area contributed by atoms with E-state index in [1.165, 1.54) is 38.5 Å². The highest BCUT2D eigenvalue weighted by molar-refractivity contribution is 6.56. The zero-order valence-electron chi connectivity index (χ0n) is 11.6. The van der Waals surface area contributed by atoms with Crippen molar-refractivity contribution in [1.29, 1.82) is 0 Å². The number of allylic oxidation sites excluding steroid dienone is 1. The number of nitrogens with zero attached hydrogens (tertiary/aromatic N) is 1. The van der Waals surface area contributed by atoms with Crippen LogP contribution >= 0.6 is 0 Å². The summed E-state index contributed by atoms with van der Waals surface area (Å²) in [6, 6.07) is 0. The molecule has 0 spiro atoms. The maximum absolute atomic E-state index is 9.43. The third kappa shape index (κ3) is 13.2. The Bertz CT molecular complexity index is 278. The second kappa shape index (κ2) is 14.2. The van der Waals surface area contributed by atoms with Gasteiger partial charge in [0.2, 0.25) is 0 Å². The van der Waals surface area contributed by atoms with E-state index >= 15 is 0 Å². The molecule has 0 unspecified atom stereocenters. The molecule has 1 N–H and O–H groups in total. The van der Waals surface area contributed by atoms with Gasteiger partial charge >= 0.3 is 0 Å². The Morgan fingerprint density at radius 1 is 1.17 bits per heavy atom. The van der Waals surface area contributed by atoms with E-state index in [0.717, 1.165) is 12.8 Å². The van der Waals surface area contributed by atoms with Crippen molar-refractivity contribution in [3.8, 4) is 11.8 Å². The molecule has 0 fully saturated rings. The zero-order valence-corrected chi connectivity index (χ0v) is 12.6. The molecule has 0 amide bonds. The van der Waals surface area contributed by atoms with Crippen LogP contribution in [0.3, 0.4) is 0 Å². The number of unbranched alkanes of at least 4 members (excludes halogenated alkanes) is 6. The molecule has 0 saturated heterocycles. The first-order valence-electron chi connectivity index (χ1n) is 6.90. The second-order valence-corrected chi connectivity index (χ2v) is 5.98. The zero-order chi connectivity index (χ0) is 13.5. The number of rotatable bonds is 10. The summed E-state index contributed by atoms with van der Waals surface area (Å²) in [5.41, 5.74) is 1.83. The Morgan fingerprint density at radius 3 is 2.61 bits per heavy atom. The Morgan fingerprint density at radius 2 is 1.89 bits per heavy atom. The molecule has 3 heteroatoms. The molecule has 1 radical (unpaired) electrons. The summed E-state index contributed by atoms with van der Waals surface area (Å²) >= 11 is 0. The van der Waals surface area contributed by atoms with Gasteiger partial charge in [-0.3, -0.25) is 0 Å². The maximum atomic E-state index is 9.43. The summed E-state index contributed by atoms with van der Waals surface area (Å²) in [5.74, 6) is 6.28. The minimum atomic E-state index is -1.43. The number of hydrogen-bond acceptors (Lipinski definition) is 2. The Kier molecular flexibility index (Phi) is 13.5. The highest BCUT2D eigenvalue weighted by atomic mass is 28.3. The lowest BCUT2D eigenvalue weighted by Crippen LogP contribution is -2.13. The van der Waals surface area contributed by atoms with E-state index in [4.69, 9.17) is 0 Å². The molecule has 0 aliphatic rings. The second-order valence-electron chi connectivity index (χ2n) is 4.35. The first kappa shape index (κ1) is 17.1. The van der Waals surface area contributed by atoms with Crippen LogP contribution in [0.4, 0.5) is 0 Å². The van der Waals surface area contributed by atoms with Crippen LogP contribution in [0.2, 0.25) is 0 Å². The summed E-state index contributed by atoms with van der Waals surface area (Å²) in [6.07, 6.45) is 12.1. The first-order chi connectivity index (χ1) is 8.81. The molecule has 0 aromatic heterocycles. The fourth-order valence-electron chi connectivity index (χ4n) is 1.58. The first-order valence-corrected chi connectivity index (χ1v) is 8.64. The minimum absolute atomic E-state index is 0.465. The average Bonchev–Trinajstić information content (AvgIpc) is 2.36. The van der Waals surface area contributed by atoms with Crippen LogP contribution in [0.5, 0.6) is 0 Å². The van der Waals surface area contributed by atoms with E-state index < -0.39 is 9.04 Å². The quantitative estimate of drug-likeness (QED) is 0.279. The van der Waals surface area contributed by atoms with Crippen molar-refractivity contribution < 1.29 is 4.80 Å². The molecule has 0 atom stereocenters. The molecule has 0 aromatic rings. The topological polar surface area (TPSA) is 32.6 Å². The van der Waals surface area contributed by atoms with Crippen LogP contribution in [-0.2, 0) is 0 Å². The van der Waals surface area contributed by atoms with Crippen LogP contribution < -0.4 is 0 Å². The largest absolute Gasteiger partial charge is 0.426 e. The van der Waals surface area contributed by atoms with Gasteiger partial charge in [-0.05, 0) is 13.1 Å². The van der Waals surface area contributed by atoms with Gasteiger partial charge in [0.1, 0.15) is 0 Å². The molecule has 0 rings (SSSR count). The molecule has 0 heterocycles. The molecule has 18 heavy (non-hydrogen) atoms. The molecule has 0 aliphatic carbocycles. The SMILES string of the molecule is C=NC[Si](O)/C=C/CC#CCCCCCCCC. The van der Waals surface area contributed by atoms with E-state index in [2.05, 4.69) is 30.5 Å². The van der Waals surface area contributed by atoms with Crippen molar-refractivity contribution in [2.24, 2.45) is 4.99 Å². The fourth-order valence-corrected chi connectivity index (χ4v) is 2.30. The van der Waals surface area contributed by atoms with Crippen LogP contribution in [0.15, 0.2) is 16.8 Å². The Labute approximate surface area is 114 Å². The number of hydrogen-bond donors (Lipinski definition) is 1. The fraction of sp³-hybridized carbons (Fsp3) is 0.667. The third-order valence-corrected chi connectivity index (χ3v) is 3.75. The molecule has 101 valence electrons. The van der Waals surface area contributed by atoms with Crippen LogP contribution in [0, 0.1) is 11.8 Å². The van der Waals surface area contributed by atoms with Gasteiger partial charge in [-0.2, -0.15) is 0 Å². The summed E-state index contributed by atoms with van der Waals surface area (Å²) < 4.78 is 0. The standard InChI is InChI=1S/C15H26NOSi/c1-3-4-5-6-7-8-9-10-11-12-13-14-18(17)15-16-2/h13-14,17H,2-9,12,15H2,1H3/b14-13+. The Balaban J connectivity index is 3.36. The maximum Gasteiger partial charge on any atom is 0.258 e. The molecule has 0 aromatic carbocycles. The van der Waals surface area contributed by atoms with E-state index in [0.29, 0.717) is 6.17 Å². The lowest BCUT2D eigenvalue weighted by atomic mass is 10.1. The van der Waals surface area contributed by atoms with Crippen molar-refractivity contribution in [1.82, 2.24) is 0 Å². The van der Waals surface area contributed by atoms with Gasteiger partial charge in [-0.15, -0.1) is 5.92 Å². The van der Waals surface area contributed by atoms with Gasteiger partial charge in [0.05, 0.1) is 6.17 Å². The van der Waals surface area contributed by atoms with Crippen LogP contribution in [-0.4, -0.2) is 26.7 Å². The highest BCUT2D eigenvalue weighted by Gasteiger charge is 1.98. The van der Waals surface area contributed by atoms with E-state index in [-0.39, 0.29) is 0 Å². The highest BCUT2D eigenvalue weighted by Crippen LogP contribution is 2.06. The average molecular weight is 264 g/mol. The van der Waals surface area contributed by atoms with Gasteiger partial charge < -0.3 is 9.79 Å². The van der Waals surface area contributed by atoms with Gasteiger partial charge in [0, 0.05) is 12.8 Å². The van der Waals surface area contributed by atoms with Gasteiger partial charge in [0.15, 0.2) is 0 Å². The van der Waals surface area contributed by atoms with E-state index in [9.17, 15) is 4.80 Å². The molecule has 2 nitrogen and oxygen atoms in total. The number of aliphatic imine (C=N–C) groups is 1. The van der Waals surface area contributed by atoms with E-state index in [1.54, 1.807) is 0 Å². The summed E-state index contributed by atoms with van der Waals surface area (Å²) in [4.78, 5) is 13.1. The third-order valence-electron chi connectivity index (χ3n) is 2.58. The van der Waals surface area contributed by atoms with Crippen molar-refractivity contribution in [3.05, 3.63) is 11.8 Å². The molecular formula is C15H26NOSi. The van der Waals surface area contributed by atoms with Gasteiger partial charge in [-0.1, -0.05) is 56.7 Å². The molecule has 0 bridgehead atoms. The summed E-state index contributed by atoms with van der Waals surface area (Å²) in [5, 5.41) is 0. The van der Waals surface area contributed by atoms with Crippen LogP contribution in [0.25, 0.3) is 0 Å². The van der Waals surface area contributed by atoms with Crippen molar-refractivity contribution in [2.45, 2.75) is 58.3 Å². The van der Waals surface area contributed by atoms with E-state index in [1.807, 2.05) is 11.8 Å². The molecule has 0 saturated carbocycles. The summed E-state index contributed by atoms with van der Waals surface area (Å²) in [7, 11) is -1.43. The lowest BCUT2D eigenvalue weighted by Gasteiger charge is -1.96. The summed E-state index contributed by atoms with van der Waals surface area (Å²) in [6.45, 7) is 5.60. The Hall–Kier alpha value is -0.853. The normalized spacial score (nSPS) is 10.6. The van der Waals surface area contributed by atoms with Crippen LogP contribution in [0.1, 0.15) is 58.3 Å². The predicted octanol–water partition coefficient (Wildman–Crippen LogP) is 3.45. The molecule has 0 aliphatic heterocycles. The minimum Gasteiger partial charge on any atom is -0.426 e. The van der Waals surface area contributed by atoms with Gasteiger partial charge in [-0.25, -0.2) is 0 Å².